The van der Waals surface area contributed by atoms with Crippen molar-refractivity contribution in [2.45, 2.75) is 13.2 Å². The number of hydrogen-bond donors (Lipinski definition) is 3. The summed E-state index contributed by atoms with van der Waals surface area (Å²) in [6.07, 6.45) is 0. The Morgan fingerprint density at radius 3 is 2.35 bits per heavy atom. The molecule has 0 spiro atoms. The van der Waals surface area contributed by atoms with E-state index in [1.54, 1.807) is 12.1 Å². The van der Waals surface area contributed by atoms with E-state index in [0.717, 1.165) is 16.9 Å². The molecule has 2 aromatic carbocycles. The second-order valence-electron chi connectivity index (χ2n) is 5.77. The van der Waals surface area contributed by atoms with Crippen molar-refractivity contribution in [3.63, 3.8) is 0 Å². The molecule has 5 N–H and O–H groups in total. The lowest BCUT2D eigenvalue weighted by molar-refractivity contribution is 0.0951. The molecule has 0 saturated heterocycles. The number of nitrogen functional groups attached to an aromatic ring is 2. The first-order valence-corrected chi connectivity index (χ1v) is 8.17. The second kappa shape index (κ2) is 8.02. The highest BCUT2D eigenvalue weighted by Crippen LogP contribution is 2.15. The molecule has 1 aromatic heterocycles. The van der Waals surface area contributed by atoms with Crippen LogP contribution in [0.4, 0.5) is 11.6 Å². The molecule has 6 nitrogen and oxygen atoms in total. The maximum atomic E-state index is 12.2. The summed E-state index contributed by atoms with van der Waals surface area (Å²) in [5.41, 5.74) is 13.6. The van der Waals surface area contributed by atoms with Gasteiger partial charge in [-0.1, -0.05) is 42.5 Å². The monoisotopic (exact) mass is 348 g/mol. The van der Waals surface area contributed by atoms with Crippen LogP contribution in [0.2, 0.25) is 0 Å². The third kappa shape index (κ3) is 4.51. The largest absolute Gasteiger partial charge is 0.489 e. The number of rotatable bonds is 6. The number of benzene rings is 2. The highest BCUT2D eigenvalue weighted by atomic mass is 16.5. The third-order valence-electron chi connectivity index (χ3n) is 3.82. The highest BCUT2D eigenvalue weighted by Gasteiger charge is 2.10. The minimum Gasteiger partial charge on any atom is -0.489 e. The van der Waals surface area contributed by atoms with E-state index < -0.39 is 0 Å². The van der Waals surface area contributed by atoms with Gasteiger partial charge in [-0.3, -0.25) is 4.79 Å². The maximum absolute atomic E-state index is 12.2. The zero-order valence-electron chi connectivity index (χ0n) is 14.2. The van der Waals surface area contributed by atoms with Gasteiger partial charge in [0.2, 0.25) is 0 Å². The van der Waals surface area contributed by atoms with Gasteiger partial charge in [0.05, 0.1) is 5.56 Å². The predicted octanol–water partition coefficient (Wildman–Crippen LogP) is 2.76. The Bertz CT molecular complexity index is 880. The normalized spacial score (nSPS) is 10.3. The SMILES string of the molecule is Nc1ccc(C(=O)NCc2ccc(OCc3ccccc3)cc2)c(N)n1. The molecule has 0 radical (unpaired) electrons. The Kier molecular flexibility index (Phi) is 5.34. The standard InChI is InChI=1S/C20H20N4O2/c21-18-11-10-17(19(22)24-18)20(25)23-12-14-6-8-16(9-7-14)26-13-15-4-2-1-3-5-15/h1-11H,12-13H2,(H,23,25)(H4,21,22,24). The van der Waals surface area contributed by atoms with Crippen LogP contribution in [0.3, 0.4) is 0 Å². The maximum Gasteiger partial charge on any atom is 0.255 e. The molecule has 0 aliphatic rings. The summed E-state index contributed by atoms with van der Waals surface area (Å²) in [7, 11) is 0. The third-order valence-corrected chi connectivity index (χ3v) is 3.82. The van der Waals surface area contributed by atoms with Gasteiger partial charge in [0.25, 0.3) is 5.91 Å². The first kappa shape index (κ1) is 17.3. The molecule has 26 heavy (non-hydrogen) atoms. The molecule has 1 amide bonds. The van der Waals surface area contributed by atoms with Crippen molar-refractivity contribution in [2.75, 3.05) is 11.5 Å². The Morgan fingerprint density at radius 2 is 1.65 bits per heavy atom. The quantitative estimate of drug-likeness (QED) is 0.635. The molecule has 6 heteroatoms. The Hall–Kier alpha value is -3.54. The summed E-state index contributed by atoms with van der Waals surface area (Å²) in [5.74, 6) is 0.882. The van der Waals surface area contributed by atoms with E-state index >= 15 is 0 Å². The topological polar surface area (TPSA) is 103 Å². The molecule has 0 saturated carbocycles. The number of nitrogens with two attached hydrogens (primary N) is 2. The lowest BCUT2D eigenvalue weighted by Gasteiger charge is -2.09. The summed E-state index contributed by atoms with van der Waals surface area (Å²) in [5, 5.41) is 2.81. The average molecular weight is 348 g/mol. The molecule has 0 fully saturated rings. The summed E-state index contributed by atoms with van der Waals surface area (Å²) in [6.45, 7) is 0.891. The number of hydrogen-bond acceptors (Lipinski definition) is 5. The molecule has 0 unspecified atom stereocenters. The number of ether oxygens (including phenoxy) is 1. The van der Waals surface area contributed by atoms with Crippen molar-refractivity contribution in [2.24, 2.45) is 0 Å². The molecular formula is C20H20N4O2. The number of nitrogens with zero attached hydrogens (tertiary/aromatic N) is 1. The van der Waals surface area contributed by atoms with Crippen molar-refractivity contribution >= 4 is 17.5 Å². The number of amides is 1. The summed E-state index contributed by atoms with van der Waals surface area (Å²) in [4.78, 5) is 16.1. The fourth-order valence-corrected chi connectivity index (χ4v) is 2.40. The first-order chi connectivity index (χ1) is 12.6. The van der Waals surface area contributed by atoms with Gasteiger partial charge >= 0.3 is 0 Å². The van der Waals surface area contributed by atoms with Gasteiger partial charge in [0.1, 0.15) is 24.0 Å². The number of carbonyl (C=O) groups excluding carboxylic acids is 1. The van der Waals surface area contributed by atoms with Crippen LogP contribution in [0, 0.1) is 0 Å². The molecular weight excluding hydrogens is 328 g/mol. The van der Waals surface area contributed by atoms with Gasteiger partial charge in [-0.05, 0) is 35.4 Å². The van der Waals surface area contributed by atoms with E-state index in [1.165, 1.54) is 0 Å². The summed E-state index contributed by atoms with van der Waals surface area (Å²) < 4.78 is 5.74. The summed E-state index contributed by atoms with van der Waals surface area (Å²) in [6, 6.07) is 20.6. The van der Waals surface area contributed by atoms with E-state index in [-0.39, 0.29) is 17.5 Å². The van der Waals surface area contributed by atoms with Crippen LogP contribution in [0.25, 0.3) is 0 Å². The molecule has 132 valence electrons. The van der Waals surface area contributed by atoms with Crippen molar-refractivity contribution in [3.8, 4) is 5.75 Å². The van der Waals surface area contributed by atoms with E-state index in [9.17, 15) is 4.79 Å². The van der Waals surface area contributed by atoms with E-state index in [4.69, 9.17) is 16.2 Å². The molecule has 3 aromatic rings. The fraction of sp³-hybridized carbons (Fsp3) is 0.100. The van der Waals surface area contributed by atoms with Gasteiger partial charge in [-0.2, -0.15) is 0 Å². The number of pyridine rings is 1. The molecule has 3 rings (SSSR count). The number of carbonyl (C=O) groups is 1. The minimum atomic E-state index is -0.292. The molecule has 0 aliphatic carbocycles. The number of aromatic nitrogens is 1. The molecule has 0 atom stereocenters. The van der Waals surface area contributed by atoms with E-state index in [1.807, 2.05) is 54.6 Å². The van der Waals surface area contributed by atoms with Gasteiger partial charge in [0, 0.05) is 6.54 Å². The fourth-order valence-electron chi connectivity index (χ4n) is 2.40. The Morgan fingerprint density at radius 1 is 0.923 bits per heavy atom. The molecule has 1 heterocycles. The van der Waals surface area contributed by atoms with Gasteiger partial charge < -0.3 is 21.5 Å². The lowest BCUT2D eigenvalue weighted by Crippen LogP contribution is -2.24. The molecule has 0 bridgehead atoms. The van der Waals surface area contributed by atoms with Gasteiger partial charge in [-0.25, -0.2) is 4.98 Å². The van der Waals surface area contributed by atoms with Crippen LogP contribution in [-0.2, 0) is 13.2 Å². The van der Waals surface area contributed by atoms with Crippen LogP contribution in [0.1, 0.15) is 21.5 Å². The average Bonchev–Trinajstić information content (AvgIpc) is 2.66. The van der Waals surface area contributed by atoms with Crippen LogP contribution in [0.5, 0.6) is 5.75 Å². The highest BCUT2D eigenvalue weighted by molar-refractivity contribution is 5.98. The van der Waals surface area contributed by atoms with Gasteiger partial charge in [0.15, 0.2) is 0 Å². The Labute approximate surface area is 151 Å². The lowest BCUT2D eigenvalue weighted by atomic mass is 10.2. The van der Waals surface area contributed by atoms with Crippen molar-refractivity contribution < 1.29 is 9.53 Å². The van der Waals surface area contributed by atoms with E-state index in [2.05, 4.69) is 10.3 Å². The van der Waals surface area contributed by atoms with Crippen molar-refractivity contribution in [3.05, 3.63) is 83.4 Å². The van der Waals surface area contributed by atoms with Crippen molar-refractivity contribution in [1.82, 2.24) is 10.3 Å². The second-order valence-corrected chi connectivity index (χ2v) is 5.77. The van der Waals surface area contributed by atoms with E-state index in [0.29, 0.717) is 18.7 Å². The van der Waals surface area contributed by atoms with Crippen LogP contribution >= 0.6 is 0 Å². The number of nitrogens with one attached hydrogen (secondary N) is 1. The Balaban J connectivity index is 1.53. The van der Waals surface area contributed by atoms with Crippen LogP contribution in [0.15, 0.2) is 66.7 Å². The van der Waals surface area contributed by atoms with Crippen molar-refractivity contribution in [1.29, 1.82) is 0 Å². The van der Waals surface area contributed by atoms with Crippen LogP contribution < -0.4 is 21.5 Å². The molecule has 0 aliphatic heterocycles. The van der Waals surface area contributed by atoms with Crippen LogP contribution in [-0.4, -0.2) is 10.9 Å². The zero-order chi connectivity index (χ0) is 18.4. The summed E-state index contributed by atoms with van der Waals surface area (Å²) >= 11 is 0. The van der Waals surface area contributed by atoms with Gasteiger partial charge in [-0.15, -0.1) is 0 Å². The smallest absolute Gasteiger partial charge is 0.255 e. The predicted molar refractivity (Wildman–Crippen MR) is 101 cm³/mol. The first-order valence-electron chi connectivity index (χ1n) is 8.17. The number of anilines is 2. The minimum absolute atomic E-state index is 0.118. The zero-order valence-corrected chi connectivity index (χ0v) is 14.2.